The molecule has 1 atom stereocenters. The summed E-state index contributed by atoms with van der Waals surface area (Å²) >= 11 is 7.48. The lowest BCUT2D eigenvalue weighted by Gasteiger charge is -2.13. The van der Waals surface area contributed by atoms with Gasteiger partial charge in [-0.25, -0.2) is 0 Å². The Kier molecular flexibility index (Phi) is 4.78. The number of aliphatic hydroxyl groups is 1. The molecule has 1 aliphatic rings. The molecule has 1 aromatic rings. The first kappa shape index (κ1) is 14.0. The van der Waals surface area contributed by atoms with E-state index in [1.807, 2.05) is 13.0 Å². The summed E-state index contributed by atoms with van der Waals surface area (Å²) < 4.78 is 0. The van der Waals surface area contributed by atoms with Crippen molar-refractivity contribution >= 4 is 28.7 Å². The Morgan fingerprint density at radius 1 is 1.67 bits per heavy atom. The normalized spacial score (nSPS) is 20.5. The van der Waals surface area contributed by atoms with Gasteiger partial charge in [0.2, 0.25) is 0 Å². The Balaban J connectivity index is 1.77. The summed E-state index contributed by atoms with van der Waals surface area (Å²) in [6, 6.07) is 1.84. The minimum atomic E-state index is -0.185. The molecule has 0 aromatic carbocycles. The fourth-order valence-electron chi connectivity index (χ4n) is 2.27. The summed E-state index contributed by atoms with van der Waals surface area (Å²) in [5.41, 5.74) is 0. The lowest BCUT2D eigenvalue weighted by atomic mass is 10.2. The van der Waals surface area contributed by atoms with Crippen molar-refractivity contribution in [2.45, 2.75) is 32.3 Å². The summed E-state index contributed by atoms with van der Waals surface area (Å²) in [5.74, 6) is 0.137. The maximum absolute atomic E-state index is 12.0. The van der Waals surface area contributed by atoms with Crippen molar-refractivity contribution in [2.24, 2.45) is 0 Å². The second-order valence-corrected chi connectivity index (χ2v) is 6.47. The first-order chi connectivity index (χ1) is 8.56. The molecule has 0 amide bonds. The first-order valence-electron chi connectivity index (χ1n) is 6.26. The summed E-state index contributed by atoms with van der Waals surface area (Å²) in [7, 11) is 0. The molecule has 2 rings (SSSR count). The molecule has 1 unspecified atom stereocenters. The molecule has 1 aromatic heterocycles. The monoisotopic (exact) mass is 287 g/mol. The highest BCUT2D eigenvalue weighted by molar-refractivity contribution is 7.14. The quantitative estimate of drug-likeness (QED) is 0.847. The number of hydrogen-bond donors (Lipinski definition) is 1. The number of carbonyl (C=O) groups excluding carboxylic acids is 1. The number of hydrogen-bond acceptors (Lipinski definition) is 4. The van der Waals surface area contributed by atoms with Crippen molar-refractivity contribution in [3.8, 4) is 0 Å². The molecule has 0 bridgehead atoms. The van der Waals surface area contributed by atoms with Gasteiger partial charge >= 0.3 is 0 Å². The molecule has 2 heterocycles. The highest BCUT2D eigenvalue weighted by Gasteiger charge is 2.20. The highest BCUT2D eigenvalue weighted by atomic mass is 35.5. The van der Waals surface area contributed by atoms with Crippen LogP contribution >= 0.6 is 22.9 Å². The van der Waals surface area contributed by atoms with Crippen LogP contribution in [0.25, 0.3) is 0 Å². The van der Waals surface area contributed by atoms with Crippen molar-refractivity contribution in [2.75, 3.05) is 19.6 Å². The molecule has 0 saturated carbocycles. The van der Waals surface area contributed by atoms with Gasteiger partial charge in [-0.3, -0.25) is 4.79 Å². The molecule has 3 nitrogen and oxygen atoms in total. The van der Waals surface area contributed by atoms with E-state index in [2.05, 4.69) is 4.90 Å². The van der Waals surface area contributed by atoms with E-state index in [1.165, 1.54) is 11.3 Å². The van der Waals surface area contributed by atoms with Crippen LogP contribution in [0, 0.1) is 6.92 Å². The van der Waals surface area contributed by atoms with Gasteiger partial charge in [0.15, 0.2) is 5.78 Å². The molecule has 0 spiro atoms. The van der Waals surface area contributed by atoms with Crippen LogP contribution in [0.1, 0.15) is 33.8 Å². The number of Topliss-reactive ketones (excluding diaryl/α,β-unsaturated/α-hetero) is 1. The van der Waals surface area contributed by atoms with Crippen LogP contribution in [-0.2, 0) is 0 Å². The molecule has 100 valence electrons. The van der Waals surface area contributed by atoms with Crippen molar-refractivity contribution in [3.05, 3.63) is 20.8 Å². The number of rotatable bonds is 5. The number of likely N-dealkylation sites (tertiary alicyclic amines) is 1. The van der Waals surface area contributed by atoms with Crippen LogP contribution in [-0.4, -0.2) is 41.5 Å². The van der Waals surface area contributed by atoms with Gasteiger partial charge in [-0.15, -0.1) is 11.3 Å². The Morgan fingerprint density at radius 3 is 3.00 bits per heavy atom. The Morgan fingerprint density at radius 2 is 2.44 bits per heavy atom. The van der Waals surface area contributed by atoms with Crippen molar-refractivity contribution < 1.29 is 9.90 Å². The number of aliphatic hydroxyl groups excluding tert-OH is 1. The summed E-state index contributed by atoms with van der Waals surface area (Å²) in [6.07, 6.45) is 2.03. The summed E-state index contributed by atoms with van der Waals surface area (Å²) in [6.45, 7) is 4.52. The molecule has 0 radical (unpaired) electrons. The van der Waals surface area contributed by atoms with Gasteiger partial charge in [-0.2, -0.15) is 0 Å². The van der Waals surface area contributed by atoms with Gasteiger partial charge in [-0.05, 0) is 32.4 Å². The van der Waals surface area contributed by atoms with E-state index in [-0.39, 0.29) is 11.9 Å². The zero-order valence-electron chi connectivity index (χ0n) is 10.5. The summed E-state index contributed by atoms with van der Waals surface area (Å²) in [4.78, 5) is 15.9. The molecule has 18 heavy (non-hydrogen) atoms. The number of aryl methyl sites for hydroxylation is 1. The maximum atomic E-state index is 12.0. The molecule has 1 fully saturated rings. The fraction of sp³-hybridized carbons (Fsp3) is 0.615. The predicted octanol–water partition coefficient (Wildman–Crippen LogP) is 2.74. The molecule has 1 saturated heterocycles. The lowest BCUT2D eigenvalue weighted by molar-refractivity contribution is 0.0979. The second kappa shape index (κ2) is 6.15. The highest BCUT2D eigenvalue weighted by Crippen LogP contribution is 2.27. The van der Waals surface area contributed by atoms with Crippen LogP contribution in [0.4, 0.5) is 0 Å². The molecule has 1 aliphatic heterocycles. The number of thiophene rings is 1. The Hall–Kier alpha value is -0.420. The van der Waals surface area contributed by atoms with Crippen LogP contribution in [0.3, 0.4) is 0 Å². The molecule has 0 aliphatic carbocycles. The van der Waals surface area contributed by atoms with Crippen molar-refractivity contribution in [3.63, 3.8) is 0 Å². The molecule has 1 N–H and O–H groups in total. The van der Waals surface area contributed by atoms with Crippen molar-refractivity contribution in [1.82, 2.24) is 4.90 Å². The summed E-state index contributed by atoms with van der Waals surface area (Å²) in [5, 5.41) is 9.98. The third kappa shape index (κ3) is 3.54. The van der Waals surface area contributed by atoms with Crippen LogP contribution in [0.2, 0.25) is 5.02 Å². The maximum Gasteiger partial charge on any atom is 0.174 e. The number of carbonyl (C=O) groups is 1. The van der Waals surface area contributed by atoms with E-state index in [4.69, 9.17) is 11.6 Å². The Bertz CT molecular complexity index is 433. The van der Waals surface area contributed by atoms with E-state index in [0.717, 1.165) is 37.4 Å². The average Bonchev–Trinajstić information content (AvgIpc) is 2.85. The van der Waals surface area contributed by atoms with E-state index in [9.17, 15) is 9.90 Å². The zero-order chi connectivity index (χ0) is 13.1. The van der Waals surface area contributed by atoms with Gasteiger partial charge in [0.25, 0.3) is 0 Å². The Labute approximate surface area is 116 Å². The minimum absolute atomic E-state index is 0.137. The molecular formula is C13H18ClNO2S. The predicted molar refractivity (Wildman–Crippen MR) is 74.7 cm³/mol. The number of β-amino-alcohol motifs (C(OH)–C–C–N with tert-alkyl or cyclic N) is 1. The van der Waals surface area contributed by atoms with Crippen LogP contribution in [0.5, 0.6) is 0 Å². The van der Waals surface area contributed by atoms with Gasteiger partial charge in [0.05, 0.1) is 16.0 Å². The number of nitrogens with zero attached hydrogens (tertiary/aromatic N) is 1. The van der Waals surface area contributed by atoms with E-state index in [1.54, 1.807) is 0 Å². The van der Waals surface area contributed by atoms with Crippen molar-refractivity contribution in [1.29, 1.82) is 0 Å². The van der Waals surface area contributed by atoms with E-state index >= 15 is 0 Å². The zero-order valence-corrected chi connectivity index (χ0v) is 12.1. The topological polar surface area (TPSA) is 40.5 Å². The van der Waals surface area contributed by atoms with Gasteiger partial charge in [0.1, 0.15) is 0 Å². The third-order valence-corrected chi connectivity index (χ3v) is 4.69. The fourth-order valence-corrected chi connectivity index (χ4v) is 3.59. The molecule has 5 heteroatoms. The smallest absolute Gasteiger partial charge is 0.174 e. The van der Waals surface area contributed by atoms with E-state index in [0.29, 0.717) is 16.3 Å². The lowest BCUT2D eigenvalue weighted by Crippen LogP contribution is -2.23. The van der Waals surface area contributed by atoms with Crippen LogP contribution in [0.15, 0.2) is 6.07 Å². The SMILES string of the molecule is Cc1cc(Cl)c(C(=O)CCCN2CCC(O)C2)s1. The molecular weight excluding hydrogens is 270 g/mol. The van der Waals surface area contributed by atoms with Gasteiger partial charge in [-0.1, -0.05) is 11.6 Å². The second-order valence-electron chi connectivity index (χ2n) is 4.80. The average molecular weight is 288 g/mol. The standard InChI is InChI=1S/C13H18ClNO2S/c1-9-7-11(14)13(18-9)12(17)3-2-5-15-6-4-10(16)8-15/h7,10,16H,2-6,8H2,1H3. The minimum Gasteiger partial charge on any atom is -0.392 e. The number of ketones is 1. The van der Waals surface area contributed by atoms with E-state index < -0.39 is 0 Å². The van der Waals surface area contributed by atoms with Gasteiger partial charge < -0.3 is 10.0 Å². The number of halogens is 1. The van der Waals surface area contributed by atoms with Crippen LogP contribution < -0.4 is 0 Å². The first-order valence-corrected chi connectivity index (χ1v) is 7.45. The third-order valence-electron chi connectivity index (χ3n) is 3.19. The largest absolute Gasteiger partial charge is 0.392 e. The van der Waals surface area contributed by atoms with Gasteiger partial charge in [0, 0.05) is 24.4 Å².